The number of carbonyl (C=O) groups is 2. The summed E-state index contributed by atoms with van der Waals surface area (Å²) in [6, 6.07) is 11.3. The largest absolute Gasteiger partial charge is 0.478 e. The van der Waals surface area contributed by atoms with Crippen LogP contribution in [-0.4, -0.2) is 21.8 Å². The minimum atomic E-state index is -1.13. The number of aromatic carboxylic acids is 1. The molecule has 3 rings (SSSR count). The molecule has 0 saturated heterocycles. The lowest BCUT2D eigenvalue weighted by atomic mass is 9.98. The predicted octanol–water partition coefficient (Wildman–Crippen LogP) is 3.75. The quantitative estimate of drug-likeness (QED) is 0.724. The van der Waals surface area contributed by atoms with E-state index in [9.17, 15) is 14.7 Å². The summed E-state index contributed by atoms with van der Waals surface area (Å²) >= 11 is 5.96. The minimum Gasteiger partial charge on any atom is -0.478 e. The molecular formula is C16H10ClNO3. The molecular weight excluding hydrogens is 290 g/mol. The van der Waals surface area contributed by atoms with Crippen molar-refractivity contribution in [2.24, 2.45) is 0 Å². The first-order chi connectivity index (χ1) is 10.1. The number of carboxylic acids is 1. The fourth-order valence-electron chi connectivity index (χ4n) is 2.29. The summed E-state index contributed by atoms with van der Waals surface area (Å²) in [5, 5.41) is 10.4. The number of ketones is 1. The molecule has 0 radical (unpaired) electrons. The lowest BCUT2D eigenvalue weighted by molar-refractivity contribution is 0.0693. The van der Waals surface area contributed by atoms with Crippen molar-refractivity contribution in [3.63, 3.8) is 0 Å². The van der Waals surface area contributed by atoms with Crippen molar-refractivity contribution in [1.82, 2.24) is 4.98 Å². The number of aromatic amines is 1. The molecule has 0 aliphatic carbocycles. The van der Waals surface area contributed by atoms with Crippen molar-refractivity contribution in [3.8, 4) is 0 Å². The zero-order valence-corrected chi connectivity index (χ0v) is 11.5. The third-order valence-corrected chi connectivity index (χ3v) is 3.53. The molecule has 4 nitrogen and oxygen atoms in total. The number of fused-ring (bicyclic) bond motifs is 1. The lowest BCUT2D eigenvalue weighted by Crippen LogP contribution is -2.09. The second kappa shape index (κ2) is 5.07. The van der Waals surface area contributed by atoms with Gasteiger partial charge in [0, 0.05) is 33.2 Å². The van der Waals surface area contributed by atoms with Crippen LogP contribution in [0.5, 0.6) is 0 Å². The maximum absolute atomic E-state index is 12.6. The molecule has 0 aliphatic heterocycles. The second-order valence-electron chi connectivity index (χ2n) is 4.57. The van der Waals surface area contributed by atoms with Gasteiger partial charge in [0.15, 0.2) is 5.78 Å². The molecule has 0 amide bonds. The molecule has 5 heteroatoms. The minimum absolute atomic E-state index is 0.0149. The zero-order valence-electron chi connectivity index (χ0n) is 10.8. The Hall–Kier alpha value is -2.59. The highest BCUT2D eigenvalue weighted by Gasteiger charge is 2.20. The smallest absolute Gasteiger partial charge is 0.336 e. The maximum Gasteiger partial charge on any atom is 0.336 e. The van der Waals surface area contributed by atoms with Crippen molar-refractivity contribution in [2.45, 2.75) is 0 Å². The molecule has 1 heterocycles. The molecule has 3 aromatic rings. The number of hydrogen-bond acceptors (Lipinski definition) is 2. The fourth-order valence-corrected chi connectivity index (χ4v) is 2.47. The molecule has 104 valence electrons. The van der Waals surface area contributed by atoms with Crippen LogP contribution in [0, 0.1) is 0 Å². The van der Waals surface area contributed by atoms with Gasteiger partial charge < -0.3 is 10.1 Å². The molecule has 2 aromatic carbocycles. The van der Waals surface area contributed by atoms with Gasteiger partial charge in [-0.25, -0.2) is 4.79 Å². The first-order valence-corrected chi connectivity index (χ1v) is 6.59. The molecule has 0 fully saturated rings. The van der Waals surface area contributed by atoms with Crippen LogP contribution in [0.2, 0.25) is 5.02 Å². The van der Waals surface area contributed by atoms with E-state index in [0.29, 0.717) is 16.0 Å². The number of aromatic nitrogens is 1. The van der Waals surface area contributed by atoms with Gasteiger partial charge in [-0.2, -0.15) is 0 Å². The summed E-state index contributed by atoms with van der Waals surface area (Å²) < 4.78 is 0. The van der Waals surface area contributed by atoms with E-state index < -0.39 is 5.97 Å². The van der Waals surface area contributed by atoms with Crippen LogP contribution in [-0.2, 0) is 0 Å². The molecule has 0 spiro atoms. The first-order valence-electron chi connectivity index (χ1n) is 6.21. The average Bonchev–Trinajstić information content (AvgIpc) is 2.89. The van der Waals surface area contributed by atoms with E-state index in [1.807, 2.05) is 0 Å². The number of H-pyrrole nitrogens is 1. The Balaban J connectivity index is 2.18. The van der Waals surface area contributed by atoms with Crippen molar-refractivity contribution < 1.29 is 14.7 Å². The molecule has 0 bridgehead atoms. The summed E-state index contributed by atoms with van der Waals surface area (Å²) in [6.45, 7) is 0. The van der Waals surface area contributed by atoms with Gasteiger partial charge in [-0.3, -0.25) is 4.79 Å². The number of hydrogen-bond donors (Lipinski definition) is 2. The van der Waals surface area contributed by atoms with Crippen LogP contribution < -0.4 is 0 Å². The Morgan fingerprint density at radius 2 is 1.71 bits per heavy atom. The lowest BCUT2D eigenvalue weighted by Gasteiger charge is -2.04. The number of carbonyl (C=O) groups excluding carboxylic acids is 1. The van der Waals surface area contributed by atoms with Gasteiger partial charge >= 0.3 is 5.97 Å². The molecule has 0 atom stereocenters. The number of carboxylic acid groups (broad SMARTS) is 1. The van der Waals surface area contributed by atoms with Gasteiger partial charge in [0.1, 0.15) is 0 Å². The van der Waals surface area contributed by atoms with Gasteiger partial charge in [0.25, 0.3) is 0 Å². The fraction of sp³-hybridized carbons (Fsp3) is 0. The summed E-state index contributed by atoms with van der Waals surface area (Å²) in [5.74, 6) is -1.47. The molecule has 1 aromatic heterocycles. The number of rotatable bonds is 3. The highest BCUT2D eigenvalue weighted by molar-refractivity contribution is 6.31. The van der Waals surface area contributed by atoms with Crippen molar-refractivity contribution in [2.75, 3.05) is 0 Å². The predicted molar refractivity (Wildman–Crippen MR) is 80.1 cm³/mol. The summed E-state index contributed by atoms with van der Waals surface area (Å²) in [6.07, 6.45) is 1.57. The Bertz CT molecular complexity index is 867. The molecule has 0 unspecified atom stereocenters. The monoisotopic (exact) mass is 299 g/mol. The highest BCUT2D eigenvalue weighted by Crippen LogP contribution is 2.25. The highest BCUT2D eigenvalue weighted by atomic mass is 35.5. The van der Waals surface area contributed by atoms with Gasteiger partial charge in [0.2, 0.25) is 0 Å². The molecule has 0 saturated carbocycles. The summed E-state index contributed by atoms with van der Waals surface area (Å²) in [4.78, 5) is 26.9. The number of benzene rings is 2. The second-order valence-corrected chi connectivity index (χ2v) is 5.01. The van der Waals surface area contributed by atoms with Gasteiger partial charge in [-0.1, -0.05) is 29.8 Å². The maximum atomic E-state index is 12.6. The van der Waals surface area contributed by atoms with Crippen molar-refractivity contribution in [3.05, 3.63) is 70.4 Å². The van der Waals surface area contributed by atoms with E-state index in [4.69, 9.17) is 11.6 Å². The SMILES string of the molecule is O=C(O)c1ccccc1C(=O)c1c[nH]c2ccc(Cl)cc12. The summed E-state index contributed by atoms with van der Waals surface area (Å²) in [5.41, 5.74) is 1.32. The molecule has 2 N–H and O–H groups in total. The Labute approximate surface area is 125 Å². The average molecular weight is 300 g/mol. The zero-order chi connectivity index (χ0) is 15.0. The van der Waals surface area contributed by atoms with Gasteiger partial charge in [-0.15, -0.1) is 0 Å². The Kier molecular flexibility index (Phi) is 3.23. The van der Waals surface area contributed by atoms with Crippen molar-refractivity contribution >= 4 is 34.3 Å². The topological polar surface area (TPSA) is 70.2 Å². The van der Waals surface area contributed by atoms with Crippen LogP contribution in [0.4, 0.5) is 0 Å². The van der Waals surface area contributed by atoms with E-state index in [0.717, 1.165) is 5.52 Å². The van der Waals surface area contributed by atoms with E-state index >= 15 is 0 Å². The van der Waals surface area contributed by atoms with Crippen LogP contribution in [0.3, 0.4) is 0 Å². The van der Waals surface area contributed by atoms with Gasteiger partial charge in [0.05, 0.1) is 5.56 Å². The van der Waals surface area contributed by atoms with Crippen LogP contribution in [0.25, 0.3) is 10.9 Å². The standard InChI is InChI=1S/C16H10ClNO3/c17-9-5-6-14-12(7-9)13(8-18-14)15(19)10-3-1-2-4-11(10)16(20)21/h1-8,18H,(H,20,21). The number of halogens is 1. The van der Waals surface area contributed by atoms with Crippen molar-refractivity contribution in [1.29, 1.82) is 0 Å². The molecule has 0 aliphatic rings. The third kappa shape index (κ3) is 2.30. The van der Waals surface area contributed by atoms with Crippen LogP contribution >= 0.6 is 11.6 Å². The van der Waals surface area contributed by atoms with E-state index in [2.05, 4.69) is 4.98 Å². The number of nitrogens with one attached hydrogen (secondary N) is 1. The third-order valence-electron chi connectivity index (χ3n) is 3.29. The van der Waals surface area contributed by atoms with Gasteiger partial charge in [-0.05, 0) is 24.3 Å². The van der Waals surface area contributed by atoms with E-state index in [1.54, 1.807) is 36.5 Å². The van der Waals surface area contributed by atoms with Crippen LogP contribution in [0.1, 0.15) is 26.3 Å². The molecule has 21 heavy (non-hydrogen) atoms. The van der Waals surface area contributed by atoms with Crippen LogP contribution in [0.15, 0.2) is 48.7 Å². The normalized spacial score (nSPS) is 10.7. The van der Waals surface area contributed by atoms with E-state index in [-0.39, 0.29) is 16.9 Å². The summed E-state index contributed by atoms with van der Waals surface area (Å²) in [7, 11) is 0. The van der Waals surface area contributed by atoms with E-state index in [1.165, 1.54) is 12.1 Å². The Morgan fingerprint density at radius 1 is 1.00 bits per heavy atom. The Morgan fingerprint density at radius 3 is 2.43 bits per heavy atom. The first kappa shape index (κ1) is 13.4.